The Labute approximate surface area is 184 Å². The molecule has 2 aromatic heterocycles. The molecule has 0 aliphatic carbocycles. The van der Waals surface area contributed by atoms with E-state index in [1.807, 2.05) is 30.3 Å². The Bertz CT molecular complexity index is 1320. The highest BCUT2D eigenvalue weighted by Gasteiger charge is 2.13. The Kier molecular flexibility index (Phi) is 6.05. The molecule has 0 unspecified atom stereocenters. The number of nitrogens with one attached hydrogen (secondary N) is 2. The summed E-state index contributed by atoms with van der Waals surface area (Å²) in [5.41, 5.74) is 3.43. The number of rotatable bonds is 4. The van der Waals surface area contributed by atoms with Crippen molar-refractivity contribution in [2.24, 2.45) is 0 Å². The minimum Gasteiger partial charge on any atom is -0.361 e. The topological polar surface area (TPSA) is 97.1 Å². The van der Waals surface area contributed by atoms with Crippen molar-refractivity contribution >= 4 is 23.2 Å². The lowest BCUT2D eigenvalue weighted by molar-refractivity contribution is 0.101. The zero-order valence-electron chi connectivity index (χ0n) is 17.1. The summed E-state index contributed by atoms with van der Waals surface area (Å²) in [5.74, 6) is 5.87. The third kappa shape index (κ3) is 5.07. The van der Waals surface area contributed by atoms with Crippen LogP contribution >= 0.6 is 0 Å². The first kappa shape index (κ1) is 20.6. The van der Waals surface area contributed by atoms with Crippen molar-refractivity contribution in [2.75, 3.05) is 10.6 Å². The van der Waals surface area contributed by atoms with E-state index in [0.717, 1.165) is 5.56 Å². The monoisotopic (exact) mass is 422 g/mol. The maximum atomic E-state index is 12.6. The van der Waals surface area contributed by atoms with Crippen LogP contribution in [0, 0.1) is 18.8 Å². The zero-order valence-corrected chi connectivity index (χ0v) is 17.1. The van der Waals surface area contributed by atoms with Gasteiger partial charge in [-0.1, -0.05) is 23.2 Å². The molecule has 0 fully saturated rings. The van der Waals surface area contributed by atoms with Crippen molar-refractivity contribution in [3.8, 4) is 11.8 Å². The first-order valence-electron chi connectivity index (χ1n) is 9.76. The Balaban J connectivity index is 1.40. The van der Waals surface area contributed by atoms with E-state index in [-0.39, 0.29) is 11.8 Å². The second kappa shape index (κ2) is 9.41. The summed E-state index contributed by atoms with van der Waals surface area (Å²) in [6, 6.07) is 19.4. The Morgan fingerprint density at radius 2 is 1.69 bits per heavy atom. The summed E-state index contributed by atoms with van der Waals surface area (Å²) in [6.07, 6.45) is 3.05. The molecule has 0 atom stereocenters. The van der Waals surface area contributed by atoms with Crippen molar-refractivity contribution in [1.82, 2.24) is 10.1 Å². The van der Waals surface area contributed by atoms with E-state index in [4.69, 9.17) is 4.52 Å². The van der Waals surface area contributed by atoms with Crippen LogP contribution in [-0.4, -0.2) is 22.0 Å². The first-order chi connectivity index (χ1) is 15.6. The van der Waals surface area contributed by atoms with Gasteiger partial charge in [-0.05, 0) is 67.4 Å². The molecule has 0 aliphatic heterocycles. The van der Waals surface area contributed by atoms with Crippen LogP contribution in [0.15, 0.2) is 83.6 Å². The summed E-state index contributed by atoms with van der Waals surface area (Å²) >= 11 is 0. The van der Waals surface area contributed by atoms with Crippen molar-refractivity contribution in [1.29, 1.82) is 0 Å². The molecule has 0 radical (unpaired) electrons. The molecule has 2 heterocycles. The number of hydrogen-bond donors (Lipinski definition) is 2. The zero-order chi connectivity index (χ0) is 22.3. The molecule has 0 saturated heterocycles. The van der Waals surface area contributed by atoms with Gasteiger partial charge in [-0.3, -0.25) is 9.59 Å². The number of amides is 2. The van der Waals surface area contributed by atoms with Gasteiger partial charge in [0.05, 0.1) is 6.20 Å². The van der Waals surface area contributed by atoms with Crippen LogP contribution in [-0.2, 0) is 0 Å². The fourth-order valence-electron chi connectivity index (χ4n) is 2.87. The Morgan fingerprint density at radius 1 is 0.875 bits per heavy atom. The van der Waals surface area contributed by atoms with Crippen molar-refractivity contribution in [3.63, 3.8) is 0 Å². The lowest BCUT2D eigenvalue weighted by Crippen LogP contribution is -2.14. The van der Waals surface area contributed by atoms with Crippen LogP contribution in [0.5, 0.6) is 0 Å². The number of pyridine rings is 1. The SMILES string of the molecule is Cc1oncc1C(=O)Nc1ccc(C(=O)Nc2cccc(C#Cc3ccccn3)c2)cc1. The van der Waals surface area contributed by atoms with Crippen molar-refractivity contribution in [2.45, 2.75) is 6.92 Å². The van der Waals surface area contributed by atoms with Gasteiger partial charge >= 0.3 is 0 Å². The Hall–Kier alpha value is -4.70. The van der Waals surface area contributed by atoms with Crippen LogP contribution in [0.3, 0.4) is 0 Å². The number of carbonyl (C=O) groups is 2. The molecule has 7 heteroatoms. The predicted molar refractivity (Wildman–Crippen MR) is 120 cm³/mol. The van der Waals surface area contributed by atoms with E-state index in [0.29, 0.717) is 34.0 Å². The van der Waals surface area contributed by atoms with Crippen LogP contribution in [0.2, 0.25) is 0 Å². The number of aromatic nitrogens is 2. The number of carbonyl (C=O) groups excluding carboxylic acids is 2. The molecule has 7 nitrogen and oxygen atoms in total. The lowest BCUT2D eigenvalue weighted by Gasteiger charge is -2.08. The normalized spacial score (nSPS) is 10.0. The minimum absolute atomic E-state index is 0.271. The summed E-state index contributed by atoms with van der Waals surface area (Å²) in [6.45, 7) is 1.66. The molecule has 0 aliphatic rings. The molecule has 2 amide bonds. The number of nitrogens with zero attached hydrogens (tertiary/aromatic N) is 2. The molecule has 4 rings (SSSR count). The Morgan fingerprint density at radius 3 is 2.41 bits per heavy atom. The van der Waals surface area contributed by atoms with E-state index in [1.54, 1.807) is 49.5 Å². The van der Waals surface area contributed by atoms with Gasteiger partial charge in [0.1, 0.15) is 17.0 Å². The molecule has 0 bridgehead atoms. The van der Waals surface area contributed by atoms with E-state index in [1.165, 1.54) is 6.20 Å². The summed E-state index contributed by atoms with van der Waals surface area (Å²) in [5, 5.41) is 9.20. The van der Waals surface area contributed by atoms with Crippen molar-refractivity contribution in [3.05, 3.63) is 107 Å². The predicted octanol–water partition coefficient (Wildman–Crippen LogP) is 4.28. The van der Waals surface area contributed by atoms with Gasteiger partial charge in [-0.2, -0.15) is 0 Å². The highest BCUT2D eigenvalue weighted by molar-refractivity contribution is 6.06. The van der Waals surface area contributed by atoms with Crippen molar-refractivity contribution < 1.29 is 14.1 Å². The molecule has 0 spiro atoms. The second-order valence-corrected chi connectivity index (χ2v) is 6.83. The fourth-order valence-corrected chi connectivity index (χ4v) is 2.87. The number of hydrogen-bond acceptors (Lipinski definition) is 5. The summed E-state index contributed by atoms with van der Waals surface area (Å²) in [7, 11) is 0. The van der Waals surface area contributed by atoms with Crippen LogP contribution in [0.4, 0.5) is 11.4 Å². The minimum atomic E-state index is -0.329. The van der Waals surface area contributed by atoms with Gasteiger partial charge in [0.25, 0.3) is 11.8 Å². The van der Waals surface area contributed by atoms with Gasteiger partial charge in [-0.15, -0.1) is 0 Å². The molecule has 156 valence electrons. The maximum Gasteiger partial charge on any atom is 0.260 e. The molecule has 32 heavy (non-hydrogen) atoms. The highest BCUT2D eigenvalue weighted by atomic mass is 16.5. The van der Waals surface area contributed by atoms with E-state index < -0.39 is 0 Å². The lowest BCUT2D eigenvalue weighted by atomic mass is 10.1. The third-order valence-electron chi connectivity index (χ3n) is 4.52. The number of aryl methyl sites for hydroxylation is 1. The largest absolute Gasteiger partial charge is 0.361 e. The highest BCUT2D eigenvalue weighted by Crippen LogP contribution is 2.16. The van der Waals surface area contributed by atoms with E-state index >= 15 is 0 Å². The van der Waals surface area contributed by atoms with E-state index in [2.05, 4.69) is 32.6 Å². The number of anilines is 2. The molecular weight excluding hydrogens is 404 g/mol. The third-order valence-corrected chi connectivity index (χ3v) is 4.52. The van der Waals surface area contributed by atoms with Crippen LogP contribution in [0.25, 0.3) is 0 Å². The first-order valence-corrected chi connectivity index (χ1v) is 9.76. The smallest absolute Gasteiger partial charge is 0.260 e. The van der Waals surface area contributed by atoms with Gasteiger partial charge < -0.3 is 15.2 Å². The van der Waals surface area contributed by atoms with Gasteiger partial charge in [-0.25, -0.2) is 4.98 Å². The summed E-state index contributed by atoms with van der Waals surface area (Å²) < 4.78 is 4.90. The fraction of sp³-hybridized carbons (Fsp3) is 0.0400. The van der Waals surface area contributed by atoms with Gasteiger partial charge in [0.2, 0.25) is 0 Å². The average molecular weight is 422 g/mol. The molecule has 4 aromatic rings. The van der Waals surface area contributed by atoms with Gasteiger partial charge in [0.15, 0.2) is 0 Å². The van der Waals surface area contributed by atoms with Crippen LogP contribution in [0.1, 0.15) is 37.7 Å². The maximum absolute atomic E-state index is 12.6. The molecule has 2 N–H and O–H groups in total. The van der Waals surface area contributed by atoms with Gasteiger partial charge in [0, 0.05) is 28.7 Å². The van der Waals surface area contributed by atoms with Crippen LogP contribution < -0.4 is 10.6 Å². The number of benzene rings is 2. The quantitative estimate of drug-likeness (QED) is 0.479. The summed E-state index contributed by atoms with van der Waals surface area (Å²) in [4.78, 5) is 29.0. The molecular formula is C25H18N4O3. The average Bonchev–Trinajstić information content (AvgIpc) is 3.25. The molecule has 2 aromatic carbocycles. The second-order valence-electron chi connectivity index (χ2n) is 6.83. The molecule has 0 saturated carbocycles. The van der Waals surface area contributed by atoms with E-state index in [9.17, 15) is 9.59 Å². The standard InChI is InChI=1S/C25H18N4O3/c1-17-23(16-27-32-17)25(31)28-21-12-9-19(10-13-21)24(30)29-22-7-4-5-18(15-22)8-11-20-6-2-3-14-26-20/h2-7,9-10,12-16H,1H3,(H,28,31)(H,29,30).